The Bertz CT molecular complexity index is 993. The van der Waals surface area contributed by atoms with E-state index in [0.717, 1.165) is 28.5 Å². The number of hydrogen-bond acceptors (Lipinski definition) is 4. The molecule has 0 aliphatic heterocycles. The zero-order valence-electron chi connectivity index (χ0n) is 18.4. The first kappa shape index (κ1) is 22.3. The number of guanidine groups is 1. The van der Waals surface area contributed by atoms with Crippen molar-refractivity contribution in [1.82, 2.24) is 10.3 Å². The molecule has 0 saturated carbocycles. The monoisotopic (exact) mass is 424 g/mol. The molecule has 2 N–H and O–H groups in total. The molecule has 2 aromatic carbocycles. The molecule has 6 nitrogen and oxygen atoms in total. The summed E-state index contributed by atoms with van der Waals surface area (Å²) in [5.41, 5.74) is 2.65. The molecular formula is C24H29FN4O2. The number of oxazole rings is 1. The van der Waals surface area contributed by atoms with Gasteiger partial charge in [-0.1, -0.05) is 12.1 Å². The second-order valence-corrected chi connectivity index (χ2v) is 7.54. The van der Waals surface area contributed by atoms with Gasteiger partial charge in [0.15, 0.2) is 5.96 Å². The Balaban J connectivity index is 1.67. The van der Waals surface area contributed by atoms with Crippen LogP contribution >= 0.6 is 0 Å². The highest BCUT2D eigenvalue weighted by atomic mass is 19.1. The highest BCUT2D eigenvalue weighted by Crippen LogP contribution is 2.17. The molecule has 7 heteroatoms. The minimum Gasteiger partial charge on any atom is -0.491 e. The minimum absolute atomic E-state index is 0.119. The Morgan fingerprint density at radius 2 is 1.94 bits per heavy atom. The lowest BCUT2D eigenvalue weighted by atomic mass is 10.1. The van der Waals surface area contributed by atoms with Gasteiger partial charge in [0, 0.05) is 12.2 Å². The number of aliphatic imine (C=N–C) groups is 1. The van der Waals surface area contributed by atoms with Crippen molar-refractivity contribution in [2.45, 2.75) is 46.8 Å². The van der Waals surface area contributed by atoms with Crippen molar-refractivity contribution in [3.63, 3.8) is 0 Å². The van der Waals surface area contributed by atoms with E-state index in [4.69, 9.17) is 9.15 Å². The SMILES string of the molecule is Cc1nc(CN=C(NCCc2cccc(F)c2)Nc2ccc(OC(C)C)cc2)oc1C. The molecule has 3 aromatic rings. The number of ether oxygens (including phenoxy) is 1. The summed E-state index contributed by atoms with van der Waals surface area (Å²) in [5, 5.41) is 6.58. The number of hydrogen-bond donors (Lipinski definition) is 2. The number of halogens is 1. The molecule has 0 fully saturated rings. The van der Waals surface area contributed by atoms with Crippen LogP contribution in [0, 0.1) is 19.7 Å². The van der Waals surface area contributed by atoms with Gasteiger partial charge in [-0.25, -0.2) is 14.4 Å². The van der Waals surface area contributed by atoms with Crippen molar-refractivity contribution in [3.05, 3.63) is 77.3 Å². The Labute approximate surface area is 182 Å². The van der Waals surface area contributed by atoms with E-state index in [1.54, 1.807) is 6.07 Å². The van der Waals surface area contributed by atoms with Crippen molar-refractivity contribution in [2.24, 2.45) is 4.99 Å². The van der Waals surface area contributed by atoms with Crippen LogP contribution in [-0.4, -0.2) is 23.6 Å². The van der Waals surface area contributed by atoms with Crippen LogP contribution in [0.1, 0.15) is 36.8 Å². The average Bonchev–Trinajstić information content (AvgIpc) is 3.04. The minimum atomic E-state index is -0.233. The summed E-state index contributed by atoms with van der Waals surface area (Å²) in [5.74, 6) is 2.51. The molecule has 1 aromatic heterocycles. The quantitative estimate of drug-likeness (QED) is 0.393. The maximum Gasteiger partial charge on any atom is 0.216 e. The van der Waals surface area contributed by atoms with Gasteiger partial charge in [-0.2, -0.15) is 0 Å². The number of aromatic nitrogens is 1. The summed E-state index contributed by atoms with van der Waals surface area (Å²) in [4.78, 5) is 8.97. The van der Waals surface area contributed by atoms with E-state index in [2.05, 4.69) is 20.6 Å². The average molecular weight is 425 g/mol. The van der Waals surface area contributed by atoms with E-state index in [1.807, 2.05) is 58.0 Å². The first-order valence-corrected chi connectivity index (χ1v) is 10.4. The topological polar surface area (TPSA) is 71.7 Å². The highest BCUT2D eigenvalue weighted by molar-refractivity contribution is 5.93. The van der Waals surface area contributed by atoms with Gasteiger partial charge in [-0.3, -0.25) is 0 Å². The molecule has 0 aliphatic rings. The van der Waals surface area contributed by atoms with Crippen molar-refractivity contribution >= 4 is 11.6 Å². The van der Waals surface area contributed by atoms with Crippen LogP contribution in [0.4, 0.5) is 10.1 Å². The lowest BCUT2D eigenvalue weighted by molar-refractivity contribution is 0.242. The molecular weight excluding hydrogens is 395 g/mol. The van der Waals surface area contributed by atoms with Gasteiger partial charge in [-0.05, 0) is 76.1 Å². The van der Waals surface area contributed by atoms with Crippen molar-refractivity contribution in [1.29, 1.82) is 0 Å². The first-order chi connectivity index (χ1) is 14.9. The zero-order valence-corrected chi connectivity index (χ0v) is 18.4. The molecule has 0 unspecified atom stereocenters. The molecule has 3 rings (SSSR count). The number of nitrogens with one attached hydrogen (secondary N) is 2. The molecule has 0 aliphatic carbocycles. The van der Waals surface area contributed by atoms with E-state index in [9.17, 15) is 4.39 Å². The maximum absolute atomic E-state index is 13.4. The molecule has 0 bridgehead atoms. The summed E-state index contributed by atoms with van der Waals surface area (Å²) in [6.45, 7) is 8.67. The number of anilines is 1. The molecule has 1 heterocycles. The largest absolute Gasteiger partial charge is 0.491 e. The van der Waals surface area contributed by atoms with E-state index in [0.29, 0.717) is 31.4 Å². The summed E-state index contributed by atoms with van der Waals surface area (Å²) >= 11 is 0. The van der Waals surface area contributed by atoms with Gasteiger partial charge < -0.3 is 19.8 Å². The normalized spacial score (nSPS) is 11.6. The number of nitrogens with zero attached hydrogens (tertiary/aromatic N) is 2. The van der Waals surface area contributed by atoms with E-state index in [1.165, 1.54) is 12.1 Å². The second-order valence-electron chi connectivity index (χ2n) is 7.54. The van der Waals surface area contributed by atoms with Crippen molar-refractivity contribution < 1.29 is 13.5 Å². The number of aryl methyl sites for hydroxylation is 2. The molecule has 0 saturated heterocycles. The predicted molar refractivity (Wildman–Crippen MR) is 121 cm³/mol. The van der Waals surface area contributed by atoms with Crippen LogP contribution in [0.3, 0.4) is 0 Å². The fourth-order valence-corrected chi connectivity index (χ4v) is 2.94. The smallest absolute Gasteiger partial charge is 0.216 e. The third-order valence-corrected chi connectivity index (χ3v) is 4.53. The van der Waals surface area contributed by atoms with Crippen LogP contribution in [0.15, 0.2) is 57.9 Å². The van der Waals surface area contributed by atoms with Crippen LogP contribution in [-0.2, 0) is 13.0 Å². The van der Waals surface area contributed by atoms with Gasteiger partial charge in [0.2, 0.25) is 5.89 Å². The second kappa shape index (κ2) is 10.6. The van der Waals surface area contributed by atoms with Gasteiger partial charge in [0.25, 0.3) is 0 Å². The number of benzene rings is 2. The Kier molecular flexibility index (Phi) is 7.65. The van der Waals surface area contributed by atoms with Gasteiger partial charge in [-0.15, -0.1) is 0 Å². The van der Waals surface area contributed by atoms with E-state index >= 15 is 0 Å². The fourth-order valence-electron chi connectivity index (χ4n) is 2.94. The molecule has 0 atom stereocenters. The molecule has 164 valence electrons. The Morgan fingerprint density at radius 1 is 1.16 bits per heavy atom. The Morgan fingerprint density at radius 3 is 2.58 bits per heavy atom. The lowest BCUT2D eigenvalue weighted by Gasteiger charge is -2.14. The Hall–Kier alpha value is -3.35. The third-order valence-electron chi connectivity index (χ3n) is 4.53. The highest BCUT2D eigenvalue weighted by Gasteiger charge is 2.07. The van der Waals surface area contributed by atoms with Gasteiger partial charge >= 0.3 is 0 Å². The number of rotatable bonds is 8. The van der Waals surface area contributed by atoms with Crippen LogP contribution in [0.25, 0.3) is 0 Å². The standard InChI is InChI=1S/C24H29FN4O2/c1-16(2)30-22-10-8-21(9-11-22)29-24(27-15-23-28-17(3)18(4)31-23)26-13-12-19-6-5-7-20(25)14-19/h5-11,14,16H,12-13,15H2,1-4H3,(H2,26,27,29). The predicted octanol–water partition coefficient (Wildman–Crippen LogP) is 5.02. The molecule has 0 spiro atoms. The van der Waals surface area contributed by atoms with Crippen LogP contribution in [0.5, 0.6) is 5.75 Å². The van der Waals surface area contributed by atoms with E-state index in [-0.39, 0.29) is 11.9 Å². The molecule has 0 radical (unpaired) electrons. The first-order valence-electron chi connectivity index (χ1n) is 10.4. The van der Waals surface area contributed by atoms with Crippen molar-refractivity contribution in [3.8, 4) is 5.75 Å². The summed E-state index contributed by atoms with van der Waals surface area (Å²) < 4.78 is 24.7. The van der Waals surface area contributed by atoms with Gasteiger partial charge in [0.05, 0.1) is 11.8 Å². The van der Waals surface area contributed by atoms with Crippen molar-refractivity contribution in [2.75, 3.05) is 11.9 Å². The molecule has 0 amide bonds. The lowest BCUT2D eigenvalue weighted by Crippen LogP contribution is -2.32. The summed E-state index contributed by atoms with van der Waals surface area (Å²) in [7, 11) is 0. The third kappa shape index (κ3) is 7.13. The zero-order chi connectivity index (χ0) is 22.2. The van der Waals surface area contributed by atoms with E-state index < -0.39 is 0 Å². The maximum atomic E-state index is 13.4. The summed E-state index contributed by atoms with van der Waals surface area (Å²) in [6, 6.07) is 14.3. The van der Waals surface area contributed by atoms with Gasteiger partial charge in [0.1, 0.15) is 23.9 Å². The summed E-state index contributed by atoms with van der Waals surface area (Å²) in [6.07, 6.45) is 0.782. The van der Waals surface area contributed by atoms with Crippen LogP contribution in [0.2, 0.25) is 0 Å². The van der Waals surface area contributed by atoms with Crippen LogP contribution < -0.4 is 15.4 Å². The molecule has 31 heavy (non-hydrogen) atoms. The fraction of sp³-hybridized carbons (Fsp3) is 0.333.